The summed E-state index contributed by atoms with van der Waals surface area (Å²) in [7, 11) is 0. The van der Waals surface area contributed by atoms with Crippen LogP contribution >= 0.6 is 11.6 Å². The van der Waals surface area contributed by atoms with Crippen LogP contribution in [0.1, 0.15) is 5.56 Å². The molecule has 0 aromatic heterocycles. The van der Waals surface area contributed by atoms with Gasteiger partial charge in [0.05, 0.1) is 10.6 Å². The molecule has 0 unspecified atom stereocenters. The molecule has 8 heteroatoms. The van der Waals surface area contributed by atoms with Crippen LogP contribution < -0.4 is 4.74 Å². The lowest BCUT2D eigenvalue weighted by Crippen LogP contribution is -2.17. The van der Waals surface area contributed by atoms with Crippen molar-refractivity contribution in [1.29, 1.82) is 0 Å². The van der Waals surface area contributed by atoms with Crippen molar-refractivity contribution < 1.29 is 31.1 Å². The average molecular weight is 265 g/mol. The number of ether oxygens (including phenoxy) is 1. The third-order valence-corrected chi connectivity index (χ3v) is 1.78. The summed E-state index contributed by atoms with van der Waals surface area (Å²) in [6, 6.07) is 1.33. The summed E-state index contributed by atoms with van der Waals surface area (Å²) < 4.78 is 75.0. The predicted octanol–water partition coefficient (Wildman–Crippen LogP) is 4.26. The number of rotatable bonds is 1. The van der Waals surface area contributed by atoms with E-state index in [1.54, 1.807) is 0 Å². The van der Waals surface area contributed by atoms with Crippen LogP contribution in [0.25, 0.3) is 0 Å². The maximum absolute atomic E-state index is 12.1. The molecule has 0 atom stereocenters. The van der Waals surface area contributed by atoms with Crippen molar-refractivity contribution in [2.24, 2.45) is 0 Å². The van der Waals surface area contributed by atoms with E-state index in [-0.39, 0.29) is 0 Å². The fraction of sp³-hybridized carbons (Fsp3) is 0.250. The van der Waals surface area contributed by atoms with Crippen LogP contribution in [0.2, 0.25) is 5.02 Å². The van der Waals surface area contributed by atoms with Crippen molar-refractivity contribution in [3.8, 4) is 5.75 Å². The molecule has 0 N–H and O–H groups in total. The van der Waals surface area contributed by atoms with Gasteiger partial charge in [-0.05, 0) is 18.2 Å². The molecule has 16 heavy (non-hydrogen) atoms. The lowest BCUT2D eigenvalue weighted by atomic mass is 10.2. The SMILES string of the molecule is FC(F)(F)Oc1ccc(C(F)(F)F)cc1Cl. The Bertz CT molecular complexity index is 383. The highest BCUT2D eigenvalue weighted by Gasteiger charge is 2.34. The zero-order valence-electron chi connectivity index (χ0n) is 7.29. The van der Waals surface area contributed by atoms with Crippen molar-refractivity contribution in [2.45, 2.75) is 12.5 Å². The summed E-state index contributed by atoms with van der Waals surface area (Å²) in [6.45, 7) is 0. The summed E-state index contributed by atoms with van der Waals surface area (Å²) in [5.41, 5.74) is -1.15. The Balaban J connectivity index is 3.01. The second-order valence-electron chi connectivity index (χ2n) is 2.69. The predicted molar refractivity (Wildman–Crippen MR) is 43.1 cm³/mol. The van der Waals surface area contributed by atoms with Gasteiger partial charge in [0, 0.05) is 0 Å². The molecule has 0 aliphatic heterocycles. The third kappa shape index (κ3) is 3.48. The fourth-order valence-corrected chi connectivity index (χ4v) is 1.10. The van der Waals surface area contributed by atoms with Crippen LogP contribution in [0.3, 0.4) is 0 Å². The molecule has 1 rings (SSSR count). The summed E-state index contributed by atoms with van der Waals surface area (Å²) >= 11 is 5.22. The molecule has 90 valence electrons. The molecule has 1 aromatic carbocycles. The molecule has 0 aliphatic carbocycles. The van der Waals surface area contributed by atoms with Gasteiger partial charge >= 0.3 is 12.5 Å². The van der Waals surface area contributed by atoms with Gasteiger partial charge in [0.25, 0.3) is 0 Å². The lowest BCUT2D eigenvalue weighted by Gasteiger charge is -2.12. The molecule has 1 nitrogen and oxygen atoms in total. The van der Waals surface area contributed by atoms with Crippen molar-refractivity contribution in [3.63, 3.8) is 0 Å². The molecule has 0 spiro atoms. The zero-order chi connectivity index (χ0) is 12.6. The van der Waals surface area contributed by atoms with Crippen LogP contribution in [0, 0.1) is 0 Å². The van der Waals surface area contributed by atoms with E-state index in [0.29, 0.717) is 18.2 Å². The van der Waals surface area contributed by atoms with E-state index < -0.39 is 28.9 Å². The summed E-state index contributed by atoms with van der Waals surface area (Å²) in [4.78, 5) is 0. The topological polar surface area (TPSA) is 9.23 Å². The second kappa shape index (κ2) is 4.04. The highest BCUT2D eigenvalue weighted by atomic mass is 35.5. The monoisotopic (exact) mass is 264 g/mol. The number of hydrogen-bond acceptors (Lipinski definition) is 1. The van der Waals surface area contributed by atoms with Gasteiger partial charge in [0.1, 0.15) is 5.75 Å². The number of hydrogen-bond donors (Lipinski definition) is 0. The van der Waals surface area contributed by atoms with E-state index in [1.807, 2.05) is 0 Å². The maximum atomic E-state index is 12.1. The average Bonchev–Trinajstić information content (AvgIpc) is 2.04. The Labute approximate surface area is 90.6 Å². The maximum Gasteiger partial charge on any atom is 0.573 e. The van der Waals surface area contributed by atoms with E-state index in [1.165, 1.54) is 0 Å². The minimum atomic E-state index is -5.00. The molecule has 0 radical (unpaired) electrons. The first-order valence-corrected chi connectivity index (χ1v) is 4.10. The minimum Gasteiger partial charge on any atom is -0.404 e. The lowest BCUT2D eigenvalue weighted by molar-refractivity contribution is -0.274. The molecular weight excluding hydrogens is 262 g/mol. The largest absolute Gasteiger partial charge is 0.573 e. The van der Waals surface area contributed by atoms with Crippen LogP contribution in [-0.4, -0.2) is 6.36 Å². The van der Waals surface area contributed by atoms with Crippen molar-refractivity contribution in [2.75, 3.05) is 0 Å². The molecule has 1 aromatic rings. The van der Waals surface area contributed by atoms with E-state index in [0.717, 1.165) is 0 Å². The van der Waals surface area contributed by atoms with E-state index in [4.69, 9.17) is 11.6 Å². The minimum absolute atomic E-state index is 0.364. The normalized spacial score (nSPS) is 12.7. The van der Waals surface area contributed by atoms with E-state index in [9.17, 15) is 26.3 Å². The summed E-state index contributed by atoms with van der Waals surface area (Å²) in [5, 5.41) is -0.757. The highest BCUT2D eigenvalue weighted by molar-refractivity contribution is 6.32. The molecule has 0 bridgehead atoms. The van der Waals surface area contributed by atoms with Gasteiger partial charge in [-0.15, -0.1) is 13.2 Å². The van der Waals surface area contributed by atoms with Gasteiger partial charge in [-0.25, -0.2) is 0 Å². The molecule has 0 aliphatic rings. The van der Waals surface area contributed by atoms with E-state index in [2.05, 4.69) is 4.74 Å². The van der Waals surface area contributed by atoms with Crippen molar-refractivity contribution >= 4 is 11.6 Å². The Morgan fingerprint density at radius 1 is 1.00 bits per heavy atom. The van der Waals surface area contributed by atoms with Crippen molar-refractivity contribution in [1.82, 2.24) is 0 Å². The van der Waals surface area contributed by atoms with Crippen LogP contribution in [-0.2, 0) is 6.18 Å². The Morgan fingerprint density at radius 3 is 1.94 bits per heavy atom. The first-order chi connectivity index (χ1) is 7.09. The molecule has 0 heterocycles. The number of halogens is 7. The quantitative estimate of drug-likeness (QED) is 0.689. The summed E-state index contributed by atoms with van der Waals surface area (Å²) in [5.74, 6) is -0.873. The Morgan fingerprint density at radius 2 is 1.56 bits per heavy atom. The Kier molecular flexibility index (Phi) is 3.27. The number of alkyl halides is 6. The van der Waals surface area contributed by atoms with Crippen LogP contribution in [0.15, 0.2) is 18.2 Å². The highest BCUT2D eigenvalue weighted by Crippen LogP contribution is 2.36. The smallest absolute Gasteiger partial charge is 0.404 e. The van der Waals surface area contributed by atoms with Gasteiger partial charge in [-0.1, -0.05) is 11.6 Å². The van der Waals surface area contributed by atoms with Gasteiger partial charge in [0.2, 0.25) is 0 Å². The number of benzene rings is 1. The van der Waals surface area contributed by atoms with Crippen molar-refractivity contribution in [3.05, 3.63) is 28.8 Å². The molecule has 0 saturated heterocycles. The molecular formula is C8H3ClF6O. The van der Waals surface area contributed by atoms with Gasteiger partial charge in [0.15, 0.2) is 0 Å². The molecule has 0 saturated carbocycles. The second-order valence-corrected chi connectivity index (χ2v) is 3.10. The van der Waals surface area contributed by atoms with E-state index >= 15 is 0 Å². The Hall–Kier alpha value is -1.11. The molecule has 0 amide bonds. The zero-order valence-corrected chi connectivity index (χ0v) is 8.04. The van der Waals surface area contributed by atoms with Crippen LogP contribution in [0.4, 0.5) is 26.3 Å². The first kappa shape index (κ1) is 13.0. The van der Waals surface area contributed by atoms with Gasteiger partial charge < -0.3 is 4.74 Å². The fourth-order valence-electron chi connectivity index (χ4n) is 0.885. The van der Waals surface area contributed by atoms with Crippen LogP contribution in [0.5, 0.6) is 5.75 Å². The standard InChI is InChI=1S/C8H3ClF6O/c9-5-3-4(7(10,11)12)1-2-6(5)16-8(13,14)15/h1-3H. The van der Waals surface area contributed by atoms with Gasteiger partial charge in [-0.2, -0.15) is 13.2 Å². The first-order valence-electron chi connectivity index (χ1n) is 3.72. The molecule has 0 fully saturated rings. The van der Waals surface area contributed by atoms with Gasteiger partial charge in [-0.3, -0.25) is 0 Å². The summed E-state index contributed by atoms with van der Waals surface area (Å²) in [6.07, 6.45) is -9.66. The third-order valence-electron chi connectivity index (χ3n) is 1.48.